The van der Waals surface area contributed by atoms with E-state index < -0.39 is 0 Å². The fraction of sp³-hybridized carbons (Fsp3) is 0.200. The molecule has 0 N–H and O–H groups in total. The van der Waals surface area contributed by atoms with Crippen LogP contribution < -0.4 is 4.74 Å². The number of fused-ring (bicyclic) bond motifs is 1. The molecule has 14 heavy (non-hydrogen) atoms. The fourth-order valence-electron chi connectivity index (χ4n) is 1.43. The molecule has 0 atom stereocenters. The van der Waals surface area contributed by atoms with Gasteiger partial charge in [0, 0.05) is 9.13 Å². The Morgan fingerprint density at radius 1 is 1.57 bits per heavy atom. The summed E-state index contributed by atoms with van der Waals surface area (Å²) in [6.07, 6.45) is 0. The van der Waals surface area contributed by atoms with Crippen LogP contribution in [0.25, 0.3) is 10.1 Å². The van der Waals surface area contributed by atoms with E-state index in [1.165, 1.54) is 13.7 Å². The molecule has 0 aliphatic heterocycles. The van der Waals surface area contributed by atoms with E-state index in [2.05, 4.69) is 40.1 Å². The number of benzene rings is 1. The third-order valence-electron chi connectivity index (χ3n) is 2.08. The van der Waals surface area contributed by atoms with Crippen molar-refractivity contribution in [3.63, 3.8) is 0 Å². The van der Waals surface area contributed by atoms with E-state index in [-0.39, 0.29) is 0 Å². The normalized spacial score (nSPS) is 10.8. The van der Waals surface area contributed by atoms with Crippen LogP contribution in [-0.4, -0.2) is 7.11 Å². The van der Waals surface area contributed by atoms with Crippen molar-refractivity contribution >= 4 is 55.6 Å². The van der Waals surface area contributed by atoms with Gasteiger partial charge >= 0.3 is 0 Å². The minimum Gasteiger partial charge on any atom is -0.495 e. The van der Waals surface area contributed by atoms with E-state index in [4.69, 9.17) is 16.3 Å². The molecule has 0 aliphatic rings. The number of rotatable bonds is 2. The Labute approximate surface area is 105 Å². The van der Waals surface area contributed by atoms with E-state index in [0.29, 0.717) is 5.88 Å². The van der Waals surface area contributed by atoms with Crippen molar-refractivity contribution in [3.8, 4) is 5.75 Å². The summed E-state index contributed by atoms with van der Waals surface area (Å²) >= 11 is 9.89. The molecule has 74 valence electrons. The number of thiophene rings is 1. The number of halogens is 2. The molecule has 0 saturated carbocycles. The van der Waals surface area contributed by atoms with Crippen LogP contribution in [0.2, 0.25) is 0 Å². The minimum absolute atomic E-state index is 0.495. The van der Waals surface area contributed by atoms with Crippen molar-refractivity contribution in [3.05, 3.63) is 26.6 Å². The molecule has 0 spiro atoms. The molecule has 1 nitrogen and oxygen atoms in total. The summed E-state index contributed by atoms with van der Waals surface area (Å²) < 4.78 is 7.76. The number of ether oxygens (including phenoxy) is 1. The van der Waals surface area contributed by atoms with Crippen LogP contribution in [0.3, 0.4) is 0 Å². The van der Waals surface area contributed by atoms with Crippen molar-refractivity contribution in [2.75, 3.05) is 7.11 Å². The molecule has 0 unspecified atom stereocenters. The molecule has 0 fully saturated rings. The first-order valence-electron chi connectivity index (χ1n) is 4.06. The number of alkyl halides is 1. The Hall–Kier alpha value is -0.0000000000000000833. The summed E-state index contributed by atoms with van der Waals surface area (Å²) in [5, 5.41) is 3.30. The zero-order valence-corrected chi connectivity index (χ0v) is 11.2. The quantitative estimate of drug-likeness (QED) is 0.587. The van der Waals surface area contributed by atoms with Crippen molar-refractivity contribution < 1.29 is 4.74 Å². The van der Waals surface area contributed by atoms with Crippen LogP contribution in [0.4, 0.5) is 0 Å². The Morgan fingerprint density at radius 3 is 3.00 bits per heavy atom. The van der Waals surface area contributed by atoms with E-state index in [1.54, 1.807) is 18.4 Å². The summed E-state index contributed by atoms with van der Waals surface area (Å²) in [6.45, 7) is 0. The summed E-state index contributed by atoms with van der Waals surface area (Å²) in [7, 11) is 1.70. The van der Waals surface area contributed by atoms with Crippen LogP contribution in [-0.2, 0) is 5.88 Å². The van der Waals surface area contributed by atoms with Crippen LogP contribution in [0, 0.1) is 3.57 Å². The van der Waals surface area contributed by atoms with Gasteiger partial charge < -0.3 is 4.74 Å². The topological polar surface area (TPSA) is 9.23 Å². The van der Waals surface area contributed by atoms with E-state index >= 15 is 0 Å². The van der Waals surface area contributed by atoms with Crippen LogP contribution in [0.15, 0.2) is 17.5 Å². The fourth-order valence-corrected chi connectivity index (χ4v) is 3.62. The van der Waals surface area contributed by atoms with Gasteiger partial charge in [-0.25, -0.2) is 0 Å². The summed E-state index contributed by atoms with van der Waals surface area (Å²) in [4.78, 5) is 0. The maximum atomic E-state index is 5.90. The first-order valence-corrected chi connectivity index (χ1v) is 6.55. The van der Waals surface area contributed by atoms with Crippen LogP contribution in [0.5, 0.6) is 5.75 Å². The Morgan fingerprint density at radius 2 is 2.36 bits per heavy atom. The van der Waals surface area contributed by atoms with Gasteiger partial charge in [-0.15, -0.1) is 22.9 Å². The maximum absolute atomic E-state index is 5.90. The van der Waals surface area contributed by atoms with Crippen molar-refractivity contribution in [1.29, 1.82) is 0 Å². The lowest BCUT2D eigenvalue weighted by atomic mass is 10.2. The average molecular weight is 339 g/mol. The van der Waals surface area contributed by atoms with Crippen LogP contribution >= 0.6 is 45.5 Å². The summed E-state index contributed by atoms with van der Waals surface area (Å²) in [5.74, 6) is 1.42. The first-order chi connectivity index (χ1) is 6.77. The van der Waals surface area contributed by atoms with Crippen molar-refractivity contribution in [2.24, 2.45) is 0 Å². The monoisotopic (exact) mass is 338 g/mol. The van der Waals surface area contributed by atoms with Gasteiger partial charge in [-0.3, -0.25) is 0 Å². The van der Waals surface area contributed by atoms with Gasteiger partial charge in [0.25, 0.3) is 0 Å². The second-order valence-corrected chi connectivity index (χ2v) is 5.19. The van der Waals surface area contributed by atoms with Crippen molar-refractivity contribution in [1.82, 2.24) is 0 Å². The predicted octanol–water partition coefficient (Wildman–Crippen LogP) is 4.25. The zero-order valence-electron chi connectivity index (χ0n) is 7.51. The van der Waals surface area contributed by atoms with Gasteiger partial charge in [-0.05, 0) is 45.5 Å². The van der Waals surface area contributed by atoms with Gasteiger partial charge in [-0.2, -0.15) is 0 Å². The Balaban J connectivity index is 2.82. The number of methoxy groups -OCH3 is 1. The van der Waals surface area contributed by atoms with Gasteiger partial charge in [0.2, 0.25) is 0 Å². The summed E-state index contributed by atoms with van der Waals surface area (Å²) in [6, 6.07) is 4.25. The smallest absolute Gasteiger partial charge is 0.142 e. The standard InChI is InChI=1S/C10H8ClIOS/c1-13-9-7(5-11)8(12)4-6-2-3-14-10(6)9/h2-4H,5H2,1H3. The molecular formula is C10H8ClIOS. The van der Waals surface area contributed by atoms with Crippen molar-refractivity contribution in [2.45, 2.75) is 5.88 Å². The second-order valence-electron chi connectivity index (χ2n) is 2.84. The third kappa shape index (κ3) is 1.61. The molecular weight excluding hydrogens is 331 g/mol. The van der Waals surface area contributed by atoms with Gasteiger partial charge in [0.1, 0.15) is 5.75 Å². The highest BCUT2D eigenvalue weighted by Crippen LogP contribution is 2.37. The van der Waals surface area contributed by atoms with E-state index in [1.807, 2.05) is 0 Å². The average Bonchev–Trinajstić information content (AvgIpc) is 2.62. The molecule has 0 radical (unpaired) electrons. The van der Waals surface area contributed by atoms with E-state index in [9.17, 15) is 0 Å². The number of hydrogen-bond acceptors (Lipinski definition) is 2. The van der Waals surface area contributed by atoms with E-state index in [0.717, 1.165) is 11.3 Å². The highest BCUT2D eigenvalue weighted by atomic mass is 127. The molecule has 2 aromatic rings. The lowest BCUT2D eigenvalue weighted by Crippen LogP contribution is -1.92. The Bertz CT molecular complexity index is 466. The van der Waals surface area contributed by atoms with Gasteiger partial charge in [0.05, 0.1) is 17.7 Å². The molecule has 2 rings (SSSR count). The zero-order chi connectivity index (χ0) is 10.1. The molecule has 4 heteroatoms. The summed E-state index contributed by atoms with van der Waals surface area (Å²) in [5.41, 5.74) is 1.09. The highest BCUT2D eigenvalue weighted by Gasteiger charge is 2.12. The molecule has 0 aliphatic carbocycles. The lowest BCUT2D eigenvalue weighted by molar-refractivity contribution is 0.416. The molecule has 0 amide bonds. The van der Waals surface area contributed by atoms with Gasteiger partial charge in [0.15, 0.2) is 0 Å². The van der Waals surface area contributed by atoms with Gasteiger partial charge in [-0.1, -0.05) is 0 Å². The molecule has 1 heterocycles. The number of hydrogen-bond donors (Lipinski definition) is 0. The minimum atomic E-state index is 0.495. The first kappa shape index (κ1) is 10.5. The largest absolute Gasteiger partial charge is 0.495 e. The third-order valence-corrected chi connectivity index (χ3v) is 4.24. The highest BCUT2D eigenvalue weighted by molar-refractivity contribution is 14.1. The predicted molar refractivity (Wildman–Crippen MR) is 70.7 cm³/mol. The molecule has 1 aromatic carbocycles. The molecule has 1 aromatic heterocycles. The van der Waals surface area contributed by atoms with Crippen LogP contribution in [0.1, 0.15) is 5.56 Å². The Kier molecular flexibility index (Phi) is 3.19. The SMILES string of the molecule is COc1c(CCl)c(I)cc2ccsc12. The lowest BCUT2D eigenvalue weighted by Gasteiger charge is -2.09. The molecule has 0 bridgehead atoms. The maximum Gasteiger partial charge on any atom is 0.142 e. The second kappa shape index (κ2) is 4.24. The molecule has 0 saturated heterocycles.